The molecule has 0 radical (unpaired) electrons. The minimum absolute atomic E-state index is 0.214. The van der Waals surface area contributed by atoms with Gasteiger partial charge in [-0.2, -0.15) is 4.98 Å². The van der Waals surface area contributed by atoms with Crippen LogP contribution in [0.5, 0.6) is 17.2 Å². The lowest BCUT2D eigenvalue weighted by Crippen LogP contribution is -2.18. The van der Waals surface area contributed by atoms with Crippen LogP contribution in [0.3, 0.4) is 0 Å². The Balaban J connectivity index is 1.72. The average molecular weight is 387 g/mol. The van der Waals surface area contributed by atoms with Gasteiger partial charge >= 0.3 is 0 Å². The van der Waals surface area contributed by atoms with Gasteiger partial charge < -0.3 is 24.1 Å². The number of hydrogen-bond acceptors (Lipinski definition) is 7. The predicted octanol–water partition coefficient (Wildman–Crippen LogP) is 3.75. The van der Waals surface area contributed by atoms with Gasteiger partial charge in [-0.05, 0) is 36.8 Å². The van der Waals surface area contributed by atoms with E-state index in [0.29, 0.717) is 41.1 Å². The fourth-order valence-corrected chi connectivity index (χ4v) is 2.75. The van der Waals surface area contributed by atoms with Gasteiger partial charge in [0.25, 0.3) is 0 Å². The monoisotopic (exact) mass is 387 g/mol. The molecule has 0 aliphatic carbocycles. The molecule has 0 amide bonds. The number of nitrogens with one attached hydrogen (secondary N) is 1. The van der Waals surface area contributed by atoms with Crippen LogP contribution >= 0.6 is 0 Å². The number of aromatic nitrogens is 2. The van der Waals surface area contributed by atoms with Crippen LogP contribution in [-0.4, -0.2) is 31.5 Å². The van der Waals surface area contributed by atoms with Crippen LogP contribution in [0.15, 0.2) is 40.9 Å². The van der Waals surface area contributed by atoms with E-state index in [1.54, 1.807) is 33.5 Å². The van der Waals surface area contributed by atoms with Crippen molar-refractivity contribution >= 4 is 0 Å². The first-order valence-electron chi connectivity index (χ1n) is 8.67. The second-order valence-corrected chi connectivity index (χ2v) is 6.10. The van der Waals surface area contributed by atoms with Crippen molar-refractivity contribution in [1.82, 2.24) is 15.5 Å². The van der Waals surface area contributed by atoms with Gasteiger partial charge in [0, 0.05) is 12.1 Å². The highest BCUT2D eigenvalue weighted by Crippen LogP contribution is 2.38. The van der Waals surface area contributed by atoms with E-state index in [1.807, 2.05) is 19.1 Å². The van der Waals surface area contributed by atoms with Crippen molar-refractivity contribution in [3.05, 3.63) is 53.7 Å². The number of benzene rings is 2. The summed E-state index contributed by atoms with van der Waals surface area (Å²) in [6.07, 6.45) is 0. The van der Waals surface area contributed by atoms with E-state index in [9.17, 15) is 4.39 Å². The van der Waals surface area contributed by atoms with Gasteiger partial charge in [-0.15, -0.1) is 0 Å². The molecule has 3 aromatic rings. The van der Waals surface area contributed by atoms with E-state index in [4.69, 9.17) is 18.7 Å². The molecule has 148 valence electrons. The Morgan fingerprint density at radius 1 is 1.07 bits per heavy atom. The van der Waals surface area contributed by atoms with E-state index in [2.05, 4.69) is 15.5 Å². The summed E-state index contributed by atoms with van der Waals surface area (Å²) >= 11 is 0. The third-order valence-corrected chi connectivity index (χ3v) is 4.23. The van der Waals surface area contributed by atoms with Gasteiger partial charge in [0.15, 0.2) is 11.5 Å². The lowest BCUT2D eigenvalue weighted by atomic mass is 10.1. The smallest absolute Gasteiger partial charge is 0.243 e. The lowest BCUT2D eigenvalue weighted by Gasteiger charge is -2.15. The molecule has 0 saturated heterocycles. The number of ether oxygens (including phenoxy) is 3. The molecule has 1 aromatic heterocycles. The van der Waals surface area contributed by atoms with Crippen molar-refractivity contribution in [2.24, 2.45) is 0 Å². The molecule has 7 nitrogen and oxygen atoms in total. The zero-order valence-corrected chi connectivity index (χ0v) is 16.2. The highest BCUT2D eigenvalue weighted by atomic mass is 19.1. The molecule has 1 atom stereocenters. The first kappa shape index (κ1) is 19.6. The first-order valence-corrected chi connectivity index (χ1v) is 8.67. The second-order valence-electron chi connectivity index (χ2n) is 6.10. The van der Waals surface area contributed by atoms with Crippen LogP contribution < -0.4 is 19.5 Å². The van der Waals surface area contributed by atoms with Crippen molar-refractivity contribution in [3.8, 4) is 28.6 Å². The highest BCUT2D eigenvalue weighted by molar-refractivity contribution is 5.54. The zero-order chi connectivity index (χ0) is 20.1. The molecule has 1 heterocycles. The van der Waals surface area contributed by atoms with E-state index < -0.39 is 0 Å². The maximum atomic E-state index is 13.4. The molecule has 28 heavy (non-hydrogen) atoms. The summed E-state index contributed by atoms with van der Waals surface area (Å²) in [5, 5.41) is 7.24. The second kappa shape index (κ2) is 8.71. The largest absolute Gasteiger partial charge is 0.493 e. The van der Waals surface area contributed by atoms with Gasteiger partial charge in [-0.25, -0.2) is 4.39 Å². The van der Waals surface area contributed by atoms with E-state index in [-0.39, 0.29) is 11.9 Å². The van der Waals surface area contributed by atoms with Crippen molar-refractivity contribution in [1.29, 1.82) is 0 Å². The van der Waals surface area contributed by atoms with E-state index >= 15 is 0 Å². The normalized spacial score (nSPS) is 11.9. The molecule has 2 aromatic carbocycles. The van der Waals surface area contributed by atoms with Crippen LogP contribution in [0.1, 0.15) is 24.4 Å². The fraction of sp³-hybridized carbons (Fsp3) is 0.300. The fourth-order valence-electron chi connectivity index (χ4n) is 2.75. The Hall–Kier alpha value is -3.13. The predicted molar refractivity (Wildman–Crippen MR) is 101 cm³/mol. The Labute approximate surface area is 162 Å². The highest BCUT2D eigenvalue weighted by Gasteiger charge is 2.17. The molecule has 0 bridgehead atoms. The van der Waals surface area contributed by atoms with Crippen LogP contribution in [0, 0.1) is 5.82 Å². The Morgan fingerprint density at radius 2 is 1.79 bits per heavy atom. The molecule has 8 heteroatoms. The van der Waals surface area contributed by atoms with Gasteiger partial charge in [-0.1, -0.05) is 17.3 Å². The quantitative estimate of drug-likeness (QED) is 0.631. The maximum Gasteiger partial charge on any atom is 0.243 e. The van der Waals surface area contributed by atoms with Gasteiger partial charge in [0.1, 0.15) is 5.82 Å². The SMILES string of the molecule is COc1cc(CNC(C)c2nc(-c3cccc(F)c3)no2)cc(OC)c1OC. The van der Waals surface area contributed by atoms with Gasteiger partial charge in [0.05, 0.1) is 27.4 Å². The Kier molecular flexibility index (Phi) is 6.10. The van der Waals surface area contributed by atoms with Gasteiger partial charge in [-0.3, -0.25) is 0 Å². The average Bonchev–Trinajstić information content (AvgIpc) is 3.21. The van der Waals surface area contributed by atoms with E-state index in [0.717, 1.165) is 5.56 Å². The number of nitrogens with zero attached hydrogens (tertiary/aromatic N) is 2. The molecular formula is C20H22FN3O4. The first-order chi connectivity index (χ1) is 13.5. The number of hydrogen-bond donors (Lipinski definition) is 1. The topological polar surface area (TPSA) is 78.6 Å². The molecule has 0 fully saturated rings. The van der Waals surface area contributed by atoms with Gasteiger partial charge in [0.2, 0.25) is 17.5 Å². The summed E-state index contributed by atoms with van der Waals surface area (Å²) in [6.45, 7) is 2.41. The summed E-state index contributed by atoms with van der Waals surface area (Å²) in [6, 6.07) is 9.59. The molecule has 3 rings (SSSR count). The molecule has 1 unspecified atom stereocenters. The van der Waals surface area contributed by atoms with Crippen molar-refractivity contribution < 1.29 is 23.1 Å². The van der Waals surface area contributed by atoms with Crippen LogP contribution in [0.4, 0.5) is 4.39 Å². The third kappa shape index (κ3) is 4.23. The third-order valence-electron chi connectivity index (χ3n) is 4.23. The van der Waals surface area contributed by atoms with Crippen molar-refractivity contribution in [2.75, 3.05) is 21.3 Å². The molecule has 0 saturated carbocycles. The van der Waals surface area contributed by atoms with Crippen LogP contribution in [0.25, 0.3) is 11.4 Å². The number of methoxy groups -OCH3 is 3. The molecule has 1 N–H and O–H groups in total. The maximum absolute atomic E-state index is 13.4. The standard InChI is InChI=1S/C20H22FN3O4/c1-12(20-23-19(24-28-20)14-6-5-7-15(21)10-14)22-11-13-8-16(25-2)18(27-4)17(9-13)26-3/h5-10,12,22H,11H2,1-4H3. The van der Waals surface area contributed by atoms with Crippen LogP contribution in [0.2, 0.25) is 0 Å². The van der Waals surface area contributed by atoms with Crippen molar-refractivity contribution in [2.45, 2.75) is 19.5 Å². The van der Waals surface area contributed by atoms with E-state index in [1.165, 1.54) is 12.1 Å². The summed E-state index contributed by atoms with van der Waals surface area (Å²) in [7, 11) is 4.71. The summed E-state index contributed by atoms with van der Waals surface area (Å²) in [5.41, 5.74) is 1.50. The Bertz CT molecular complexity index is 920. The summed E-state index contributed by atoms with van der Waals surface area (Å²) < 4.78 is 34.8. The zero-order valence-electron chi connectivity index (χ0n) is 16.2. The van der Waals surface area contributed by atoms with Crippen LogP contribution in [-0.2, 0) is 6.54 Å². The molecular weight excluding hydrogens is 365 g/mol. The molecule has 0 aliphatic heterocycles. The number of rotatable bonds is 8. The molecule has 0 aliphatic rings. The van der Waals surface area contributed by atoms with Crippen molar-refractivity contribution in [3.63, 3.8) is 0 Å². The minimum Gasteiger partial charge on any atom is -0.493 e. The minimum atomic E-state index is -0.350. The lowest BCUT2D eigenvalue weighted by molar-refractivity contribution is 0.322. The number of halogens is 1. The summed E-state index contributed by atoms with van der Waals surface area (Å²) in [5.74, 6) is 2.11. The summed E-state index contributed by atoms with van der Waals surface area (Å²) in [4.78, 5) is 4.35. The Morgan fingerprint density at radius 3 is 2.39 bits per heavy atom. The molecule has 0 spiro atoms.